The second-order valence-corrected chi connectivity index (χ2v) is 20.5. The number of nitrogens with zero attached hydrogens (tertiary/aromatic N) is 6. The van der Waals surface area contributed by atoms with Gasteiger partial charge in [0, 0.05) is 108 Å². The summed E-state index contributed by atoms with van der Waals surface area (Å²) in [7, 11) is 0. The van der Waals surface area contributed by atoms with Gasteiger partial charge < -0.3 is 28.7 Å². The third-order valence-corrected chi connectivity index (χ3v) is 15.2. The van der Waals surface area contributed by atoms with Crippen molar-refractivity contribution in [2.75, 3.05) is 65.8 Å². The minimum Gasteiger partial charge on any atom is -0.376 e. The molecule has 10 rings (SSSR count). The lowest BCUT2D eigenvalue weighted by Crippen LogP contribution is -2.39. The first-order valence-corrected chi connectivity index (χ1v) is 26.2. The number of ketones is 2. The first kappa shape index (κ1) is 51.4. The van der Waals surface area contributed by atoms with Gasteiger partial charge in [-0.25, -0.2) is 0 Å². The summed E-state index contributed by atoms with van der Waals surface area (Å²) in [6.45, 7) is 12.1. The van der Waals surface area contributed by atoms with Gasteiger partial charge in [-0.1, -0.05) is 23.2 Å². The molecule has 4 fully saturated rings. The number of hydrogen-bond donors (Lipinski definition) is 0. The number of carbonyl (C=O) groups is 4. The van der Waals surface area contributed by atoms with Gasteiger partial charge in [0.2, 0.25) is 0 Å². The summed E-state index contributed by atoms with van der Waals surface area (Å²) in [5.41, 5.74) is 6.64. The average molecular weight is 1020 g/mol. The van der Waals surface area contributed by atoms with Crippen molar-refractivity contribution in [3.63, 3.8) is 0 Å². The lowest BCUT2D eigenvalue weighted by atomic mass is 9.96. The molecule has 14 nitrogen and oxygen atoms in total. The van der Waals surface area contributed by atoms with E-state index in [1.54, 1.807) is 48.5 Å². The van der Waals surface area contributed by atoms with Crippen molar-refractivity contribution in [2.45, 2.75) is 90.5 Å². The van der Waals surface area contributed by atoms with Crippen LogP contribution in [-0.4, -0.2) is 131 Å². The molecule has 0 N–H and O–H groups in total. The van der Waals surface area contributed by atoms with Gasteiger partial charge >= 0.3 is 0 Å². The summed E-state index contributed by atoms with van der Waals surface area (Å²) in [5.74, 6) is 1.29. The van der Waals surface area contributed by atoms with Gasteiger partial charge in [0.25, 0.3) is 11.8 Å². The van der Waals surface area contributed by atoms with Crippen LogP contribution in [0.5, 0.6) is 0 Å². The molecule has 2 aromatic heterocycles. The van der Waals surface area contributed by atoms with Gasteiger partial charge in [0.15, 0.2) is 11.6 Å². The predicted octanol–water partition coefficient (Wildman–Crippen LogP) is 9.86. The van der Waals surface area contributed by atoms with E-state index in [2.05, 4.69) is 12.4 Å². The van der Waals surface area contributed by atoms with Crippen LogP contribution in [0.25, 0.3) is 21.8 Å². The van der Waals surface area contributed by atoms with Crippen LogP contribution in [0.3, 0.4) is 0 Å². The smallest absolute Gasteiger partial charge is 0.253 e. The molecule has 0 saturated carbocycles. The molecule has 6 aromatic rings. The number of amides is 2. The number of Topliss-reactive ketones (excluding diaryl/α,β-unsaturated/α-hetero) is 2. The van der Waals surface area contributed by atoms with Crippen LogP contribution in [0.4, 0.5) is 0 Å². The number of aromatic nitrogens is 4. The topological polar surface area (TPSA) is 147 Å². The minimum absolute atomic E-state index is 0.00221. The van der Waals surface area contributed by atoms with Gasteiger partial charge in [-0.2, -0.15) is 10.2 Å². The van der Waals surface area contributed by atoms with Crippen LogP contribution in [0.15, 0.2) is 85.2 Å². The predicted molar refractivity (Wildman–Crippen MR) is 277 cm³/mol. The fourth-order valence-corrected chi connectivity index (χ4v) is 10.6. The molecule has 380 valence electrons. The molecule has 0 aliphatic carbocycles. The van der Waals surface area contributed by atoms with Crippen molar-refractivity contribution in [2.24, 2.45) is 11.8 Å². The van der Waals surface area contributed by atoms with Crippen molar-refractivity contribution < 1.29 is 38.1 Å². The van der Waals surface area contributed by atoms with E-state index in [0.29, 0.717) is 98.3 Å². The molecule has 0 radical (unpaired) electrons. The molecule has 1 unspecified atom stereocenters. The lowest BCUT2D eigenvalue weighted by molar-refractivity contribution is -0.0902. The summed E-state index contributed by atoms with van der Waals surface area (Å²) < 4.78 is 26.2. The Morgan fingerprint density at radius 3 is 1.29 bits per heavy atom. The molecule has 4 saturated heterocycles. The fourth-order valence-electron chi connectivity index (χ4n) is 10.3. The molecule has 2 atom stereocenters. The zero-order valence-electron chi connectivity index (χ0n) is 41.2. The maximum Gasteiger partial charge on any atom is 0.253 e. The highest BCUT2D eigenvalue weighted by atomic mass is 35.5. The maximum absolute atomic E-state index is 12.9. The number of likely N-dealkylation sites (tertiary alicyclic amines) is 2. The molecule has 4 aromatic carbocycles. The Labute approximate surface area is 430 Å². The Hall–Kier alpha value is -5.48. The monoisotopic (exact) mass is 1020 g/mol. The Bertz CT molecular complexity index is 2640. The van der Waals surface area contributed by atoms with E-state index >= 15 is 0 Å². The molecule has 2 amide bonds. The number of benzene rings is 4. The summed E-state index contributed by atoms with van der Waals surface area (Å²) in [5, 5.41) is 12.9. The Kier molecular flexibility index (Phi) is 17.2. The van der Waals surface area contributed by atoms with Gasteiger partial charge in [0.05, 0.1) is 62.9 Å². The van der Waals surface area contributed by atoms with Crippen LogP contribution in [0, 0.1) is 25.7 Å². The second kappa shape index (κ2) is 24.0. The van der Waals surface area contributed by atoms with E-state index in [1.807, 2.05) is 57.3 Å². The Morgan fingerprint density at radius 1 is 0.542 bits per heavy atom. The Morgan fingerprint density at radius 2 is 0.931 bits per heavy atom. The Balaban J connectivity index is 0.000000178. The highest BCUT2D eigenvalue weighted by Crippen LogP contribution is 2.28. The van der Waals surface area contributed by atoms with Gasteiger partial charge in [-0.05, 0) is 148 Å². The number of aryl methyl sites for hydroxylation is 2. The minimum atomic E-state index is 0.00221. The highest BCUT2D eigenvalue weighted by Gasteiger charge is 2.27. The SMILES string of the molecule is Cc1c(C(=O)CCC2COCCO2)ccc2nn(CC3CCN(C(=O)c4ccc(Cl)cc4)CC3)cc12.Cc1c(C(=O)CC[C@@H]2COCCO2)ccc2nn(CC3CCN(C(=O)c4ccc(Cl)cc4)CC3)cc12. The molecule has 0 bridgehead atoms. The number of fused-ring (bicyclic) bond motifs is 2. The van der Waals surface area contributed by atoms with E-state index in [0.717, 1.165) is 109 Å². The van der Waals surface area contributed by atoms with Crippen LogP contribution in [0.1, 0.15) is 104 Å². The zero-order valence-corrected chi connectivity index (χ0v) is 42.8. The standard InChI is InChI=1S/2C28H32ClN3O4/c2*1-19-24(27(33)9-6-23-18-35-14-15-36-23)7-8-26-25(19)17-32(30-26)16-20-10-12-31(13-11-20)28(34)21-2-4-22(29)5-3-21/h2*2-5,7-8,17,20,23H,6,9-16,18H2,1H3/t23-;/m1./s1. The molecule has 6 heterocycles. The molecule has 4 aliphatic heterocycles. The fraction of sp³-hybridized carbons (Fsp3) is 0.464. The quantitative estimate of drug-likeness (QED) is 0.0967. The van der Waals surface area contributed by atoms with Gasteiger partial charge in [-0.15, -0.1) is 0 Å². The van der Waals surface area contributed by atoms with Crippen molar-refractivity contribution in [3.05, 3.63) is 129 Å². The van der Waals surface area contributed by atoms with Crippen LogP contribution in [-0.2, 0) is 32.0 Å². The van der Waals surface area contributed by atoms with Gasteiger partial charge in [-0.3, -0.25) is 28.5 Å². The summed E-state index contributed by atoms with van der Waals surface area (Å²) >= 11 is 11.9. The first-order valence-electron chi connectivity index (χ1n) is 25.4. The summed E-state index contributed by atoms with van der Waals surface area (Å²) in [4.78, 5) is 55.2. The number of ether oxygens (including phenoxy) is 4. The number of rotatable bonds is 14. The lowest BCUT2D eigenvalue weighted by Gasteiger charge is -2.32. The molecule has 72 heavy (non-hydrogen) atoms. The van der Waals surface area contributed by atoms with Crippen LogP contribution >= 0.6 is 23.2 Å². The average Bonchev–Trinajstić information content (AvgIpc) is 4.03. The number of carbonyl (C=O) groups excluding carboxylic acids is 4. The van der Waals surface area contributed by atoms with Crippen molar-refractivity contribution in [1.82, 2.24) is 29.4 Å². The van der Waals surface area contributed by atoms with Crippen LogP contribution < -0.4 is 0 Å². The molecular weight excluding hydrogens is 956 g/mol. The number of hydrogen-bond acceptors (Lipinski definition) is 10. The van der Waals surface area contributed by atoms with Gasteiger partial charge in [0.1, 0.15) is 0 Å². The molecule has 0 spiro atoms. The van der Waals surface area contributed by atoms with E-state index in [4.69, 9.17) is 52.3 Å². The number of halogens is 2. The molecule has 4 aliphatic rings. The van der Waals surface area contributed by atoms with Crippen molar-refractivity contribution >= 4 is 68.4 Å². The number of piperidine rings is 2. The zero-order chi connectivity index (χ0) is 50.1. The van der Waals surface area contributed by atoms with E-state index in [1.165, 1.54) is 0 Å². The third kappa shape index (κ3) is 12.8. The maximum atomic E-state index is 12.9. The van der Waals surface area contributed by atoms with Crippen molar-refractivity contribution in [1.29, 1.82) is 0 Å². The largest absolute Gasteiger partial charge is 0.376 e. The summed E-state index contributed by atoms with van der Waals surface area (Å²) in [6.07, 6.45) is 10.1. The van der Waals surface area contributed by atoms with Crippen LogP contribution in [0.2, 0.25) is 10.0 Å². The highest BCUT2D eigenvalue weighted by molar-refractivity contribution is 6.31. The molecule has 16 heteroatoms. The van der Waals surface area contributed by atoms with E-state index < -0.39 is 0 Å². The molecular formula is C56H64Cl2N6O8. The van der Waals surface area contributed by atoms with E-state index in [-0.39, 0.29) is 35.6 Å². The first-order chi connectivity index (χ1) is 34.9. The third-order valence-electron chi connectivity index (χ3n) is 14.6. The normalized spacial score (nSPS) is 19.1. The second-order valence-electron chi connectivity index (χ2n) is 19.6. The van der Waals surface area contributed by atoms with E-state index in [9.17, 15) is 19.2 Å². The summed E-state index contributed by atoms with van der Waals surface area (Å²) in [6, 6.07) is 21.8. The van der Waals surface area contributed by atoms with Crippen molar-refractivity contribution in [3.8, 4) is 0 Å².